The highest BCUT2D eigenvalue weighted by molar-refractivity contribution is 7.09. The highest BCUT2D eigenvalue weighted by Crippen LogP contribution is 2.33. The van der Waals surface area contributed by atoms with E-state index in [0.29, 0.717) is 0 Å². The van der Waals surface area contributed by atoms with Crippen molar-refractivity contribution in [2.75, 3.05) is 19.6 Å². The molecule has 0 radical (unpaired) electrons. The first-order valence-electron chi connectivity index (χ1n) is 9.73. The summed E-state index contributed by atoms with van der Waals surface area (Å²) in [5.74, 6) is -4.71. The lowest BCUT2D eigenvalue weighted by atomic mass is 10.1. The van der Waals surface area contributed by atoms with Crippen molar-refractivity contribution in [2.45, 2.75) is 57.7 Å². The van der Waals surface area contributed by atoms with Gasteiger partial charge in [-0.25, -0.2) is 9.59 Å². The monoisotopic (exact) mass is 492 g/mol. The minimum atomic E-state index is -5.08. The third-order valence-corrected chi connectivity index (χ3v) is 5.69. The Labute approximate surface area is 185 Å². The molecule has 6 nitrogen and oxygen atoms in total. The molecule has 184 valence electrons. The molecule has 2 aliphatic rings. The number of rotatable bonds is 4. The zero-order valence-electron chi connectivity index (χ0n) is 17.5. The lowest BCUT2D eigenvalue weighted by Gasteiger charge is -2.26. The number of hydrogen-bond donors (Lipinski definition) is 2. The van der Waals surface area contributed by atoms with Gasteiger partial charge >= 0.3 is 24.3 Å². The Morgan fingerprint density at radius 3 is 1.81 bits per heavy atom. The van der Waals surface area contributed by atoms with Gasteiger partial charge in [0.2, 0.25) is 0 Å². The van der Waals surface area contributed by atoms with Crippen molar-refractivity contribution in [2.24, 2.45) is 5.92 Å². The standard InChI is InChI=1S/C15H24N2S.2C2HF3O2/c1-12(2)10-16-7-5-15-14(16)6-8-17(15)11-13-4-3-9-18-13;2*3-2(4,5)1(6)7/h3-4,9,12,14-15H,5-8,10-11H2,1-2H3;2*(H,6,7)/t14-,15+;;/m0../s1. The Balaban J connectivity index is 0.000000305. The Morgan fingerprint density at radius 2 is 1.44 bits per heavy atom. The van der Waals surface area contributed by atoms with Crippen LogP contribution in [-0.4, -0.2) is 76.0 Å². The molecule has 1 aromatic rings. The number of carboxylic acids is 2. The van der Waals surface area contributed by atoms with Crippen LogP contribution in [0.4, 0.5) is 26.3 Å². The van der Waals surface area contributed by atoms with E-state index in [1.165, 1.54) is 43.9 Å². The average Bonchev–Trinajstić information content (AvgIpc) is 3.35. The Bertz CT molecular complexity index is 700. The van der Waals surface area contributed by atoms with E-state index in [-0.39, 0.29) is 0 Å². The molecule has 0 aliphatic carbocycles. The largest absolute Gasteiger partial charge is 0.490 e. The van der Waals surface area contributed by atoms with E-state index < -0.39 is 24.3 Å². The number of alkyl halides is 6. The molecule has 0 spiro atoms. The van der Waals surface area contributed by atoms with Crippen molar-refractivity contribution in [1.82, 2.24) is 9.80 Å². The van der Waals surface area contributed by atoms with E-state index in [9.17, 15) is 26.3 Å². The van der Waals surface area contributed by atoms with Crippen molar-refractivity contribution in [3.63, 3.8) is 0 Å². The lowest BCUT2D eigenvalue weighted by Crippen LogP contribution is -2.37. The third kappa shape index (κ3) is 9.33. The molecular weight excluding hydrogens is 466 g/mol. The number of carbonyl (C=O) groups is 2. The van der Waals surface area contributed by atoms with Crippen LogP contribution in [-0.2, 0) is 16.1 Å². The van der Waals surface area contributed by atoms with Crippen molar-refractivity contribution >= 4 is 23.3 Å². The van der Waals surface area contributed by atoms with E-state index in [0.717, 1.165) is 18.0 Å². The first-order valence-corrected chi connectivity index (χ1v) is 10.6. The zero-order chi connectivity index (χ0) is 24.7. The molecule has 2 fully saturated rings. The second-order valence-corrected chi connectivity index (χ2v) is 8.79. The Kier molecular flexibility index (Phi) is 10.4. The Morgan fingerprint density at radius 1 is 1.00 bits per heavy atom. The molecule has 0 aromatic carbocycles. The smallest absolute Gasteiger partial charge is 0.475 e. The maximum Gasteiger partial charge on any atom is 0.490 e. The number of hydrogen-bond acceptors (Lipinski definition) is 5. The average molecular weight is 492 g/mol. The van der Waals surface area contributed by atoms with Gasteiger partial charge in [0, 0.05) is 43.1 Å². The van der Waals surface area contributed by atoms with Crippen LogP contribution in [0.2, 0.25) is 0 Å². The molecule has 0 bridgehead atoms. The summed E-state index contributed by atoms with van der Waals surface area (Å²) in [5.41, 5.74) is 0. The number of fused-ring (bicyclic) bond motifs is 1. The third-order valence-electron chi connectivity index (χ3n) is 4.83. The van der Waals surface area contributed by atoms with Gasteiger partial charge < -0.3 is 10.2 Å². The van der Waals surface area contributed by atoms with Crippen molar-refractivity contribution in [3.05, 3.63) is 22.4 Å². The zero-order valence-corrected chi connectivity index (χ0v) is 18.3. The summed E-state index contributed by atoms with van der Waals surface area (Å²) in [6.07, 6.45) is -7.41. The van der Waals surface area contributed by atoms with Crippen LogP contribution in [0, 0.1) is 5.92 Å². The van der Waals surface area contributed by atoms with Crippen molar-refractivity contribution < 1.29 is 46.1 Å². The second-order valence-electron chi connectivity index (χ2n) is 7.76. The first kappa shape index (κ1) is 28.2. The number of nitrogens with zero attached hydrogens (tertiary/aromatic N) is 2. The number of carboxylic acid groups (broad SMARTS) is 2. The maximum absolute atomic E-state index is 10.6. The highest BCUT2D eigenvalue weighted by atomic mass is 32.1. The molecule has 1 aromatic heterocycles. The van der Waals surface area contributed by atoms with Gasteiger partial charge in [-0.3, -0.25) is 9.80 Å². The lowest BCUT2D eigenvalue weighted by molar-refractivity contribution is -0.193. The summed E-state index contributed by atoms with van der Waals surface area (Å²) in [7, 11) is 0. The summed E-state index contributed by atoms with van der Waals surface area (Å²) in [4.78, 5) is 24.8. The molecule has 3 rings (SSSR count). The first-order chi connectivity index (χ1) is 14.6. The van der Waals surface area contributed by atoms with Crippen LogP contribution < -0.4 is 0 Å². The summed E-state index contributed by atoms with van der Waals surface area (Å²) < 4.78 is 63.5. The van der Waals surface area contributed by atoms with Crippen LogP contribution in [0.15, 0.2) is 17.5 Å². The van der Waals surface area contributed by atoms with Crippen molar-refractivity contribution in [3.8, 4) is 0 Å². The van der Waals surface area contributed by atoms with Crippen LogP contribution >= 0.6 is 11.3 Å². The normalized spacial score (nSPS) is 21.4. The number of thiophene rings is 1. The fraction of sp³-hybridized carbons (Fsp3) is 0.684. The van der Waals surface area contributed by atoms with Gasteiger partial charge in [-0.05, 0) is 30.2 Å². The predicted octanol–water partition coefficient (Wildman–Crippen LogP) is 4.32. The van der Waals surface area contributed by atoms with E-state index in [4.69, 9.17) is 19.8 Å². The molecule has 0 saturated carbocycles. The number of likely N-dealkylation sites (tertiary alicyclic amines) is 2. The van der Waals surface area contributed by atoms with Gasteiger partial charge in [-0.15, -0.1) is 11.3 Å². The Hall–Kier alpha value is -1.86. The van der Waals surface area contributed by atoms with Gasteiger partial charge in [0.05, 0.1) is 0 Å². The van der Waals surface area contributed by atoms with Crippen LogP contribution in [0.5, 0.6) is 0 Å². The predicted molar refractivity (Wildman–Crippen MR) is 105 cm³/mol. The maximum atomic E-state index is 10.6. The molecule has 13 heteroatoms. The number of halogens is 6. The van der Waals surface area contributed by atoms with Gasteiger partial charge in [-0.1, -0.05) is 19.9 Å². The highest BCUT2D eigenvalue weighted by Gasteiger charge is 2.42. The topological polar surface area (TPSA) is 81.1 Å². The summed E-state index contributed by atoms with van der Waals surface area (Å²) >= 11 is 1.90. The molecule has 0 amide bonds. The van der Waals surface area contributed by atoms with Gasteiger partial charge in [-0.2, -0.15) is 26.3 Å². The molecule has 2 N–H and O–H groups in total. The van der Waals surface area contributed by atoms with Crippen LogP contribution in [0.1, 0.15) is 31.6 Å². The van der Waals surface area contributed by atoms with E-state index in [2.05, 4.69) is 41.2 Å². The van der Waals surface area contributed by atoms with E-state index >= 15 is 0 Å². The van der Waals surface area contributed by atoms with Gasteiger partial charge in [0.25, 0.3) is 0 Å². The minimum absolute atomic E-state index is 0.801. The second kappa shape index (κ2) is 11.8. The molecule has 2 aliphatic heterocycles. The molecule has 2 atom stereocenters. The van der Waals surface area contributed by atoms with Crippen molar-refractivity contribution in [1.29, 1.82) is 0 Å². The fourth-order valence-corrected chi connectivity index (χ4v) is 4.39. The molecular formula is C19H26F6N2O4S. The van der Waals surface area contributed by atoms with Gasteiger partial charge in [0.15, 0.2) is 0 Å². The summed E-state index contributed by atoms with van der Waals surface area (Å²) in [5, 5.41) is 16.4. The molecule has 0 unspecified atom stereocenters. The summed E-state index contributed by atoms with van der Waals surface area (Å²) in [6.45, 7) is 9.75. The quantitative estimate of drug-likeness (QED) is 0.610. The van der Waals surface area contributed by atoms with Crippen LogP contribution in [0.25, 0.3) is 0 Å². The number of aliphatic carboxylic acids is 2. The molecule has 2 saturated heterocycles. The van der Waals surface area contributed by atoms with Gasteiger partial charge in [0.1, 0.15) is 0 Å². The molecule has 32 heavy (non-hydrogen) atoms. The molecule has 3 heterocycles. The SMILES string of the molecule is CC(C)CN1CC[C@@H]2[C@@H]1CCN2Cc1cccs1.O=C(O)C(F)(F)F.O=C(O)C(F)(F)F. The minimum Gasteiger partial charge on any atom is -0.475 e. The van der Waals surface area contributed by atoms with E-state index in [1.807, 2.05) is 11.3 Å². The van der Waals surface area contributed by atoms with E-state index in [1.54, 1.807) is 0 Å². The summed E-state index contributed by atoms with van der Waals surface area (Å²) in [6, 6.07) is 6.12. The fourth-order valence-electron chi connectivity index (χ4n) is 3.66. The van der Waals surface area contributed by atoms with Crippen LogP contribution in [0.3, 0.4) is 0 Å².